The molecule has 1 saturated heterocycles. The third kappa shape index (κ3) is 2.92. The molecule has 15 heavy (non-hydrogen) atoms. The van der Waals surface area contributed by atoms with Crippen molar-refractivity contribution >= 4 is 0 Å². The smallest absolute Gasteiger partial charge is 0.160 e. The van der Waals surface area contributed by atoms with E-state index in [1.54, 1.807) is 7.11 Å². The van der Waals surface area contributed by atoms with Gasteiger partial charge in [-0.1, -0.05) is 20.8 Å². The molecular weight excluding hydrogens is 192 g/mol. The van der Waals surface area contributed by atoms with E-state index >= 15 is 0 Å². The quantitative estimate of drug-likeness (QED) is 0.721. The van der Waals surface area contributed by atoms with Crippen molar-refractivity contribution in [3.8, 4) is 0 Å². The summed E-state index contributed by atoms with van der Waals surface area (Å²) in [6.07, 6.45) is 0.0859. The van der Waals surface area contributed by atoms with Crippen LogP contribution in [0.1, 0.15) is 27.7 Å². The van der Waals surface area contributed by atoms with Crippen LogP contribution in [-0.2, 0) is 14.2 Å². The zero-order valence-electron chi connectivity index (χ0n) is 10.5. The molecule has 1 aliphatic heterocycles. The van der Waals surface area contributed by atoms with E-state index < -0.39 is 0 Å². The first-order valence-corrected chi connectivity index (χ1v) is 5.87. The molecule has 0 amide bonds. The molecule has 0 aromatic rings. The Balaban J connectivity index is 2.57. The average Bonchev–Trinajstić information content (AvgIpc) is 2.25. The van der Waals surface area contributed by atoms with Gasteiger partial charge in [-0.15, -0.1) is 0 Å². The monoisotopic (exact) mass is 216 g/mol. The van der Waals surface area contributed by atoms with E-state index in [-0.39, 0.29) is 12.4 Å². The fraction of sp³-hybridized carbons (Fsp3) is 1.00. The Morgan fingerprint density at radius 2 is 1.73 bits per heavy atom. The van der Waals surface area contributed by atoms with E-state index in [1.807, 2.05) is 6.92 Å². The van der Waals surface area contributed by atoms with Gasteiger partial charge in [-0.3, -0.25) is 0 Å². The predicted octanol–water partition coefficient (Wildman–Crippen LogP) is 2.30. The summed E-state index contributed by atoms with van der Waals surface area (Å²) in [5.74, 6) is 1.58. The summed E-state index contributed by atoms with van der Waals surface area (Å²) in [5, 5.41) is 0. The van der Waals surface area contributed by atoms with E-state index in [4.69, 9.17) is 14.2 Å². The largest absolute Gasteiger partial charge is 0.379 e. The zero-order chi connectivity index (χ0) is 11.4. The first-order valence-electron chi connectivity index (χ1n) is 5.87. The van der Waals surface area contributed by atoms with Crippen molar-refractivity contribution in [2.75, 3.05) is 20.3 Å². The topological polar surface area (TPSA) is 27.7 Å². The highest BCUT2D eigenvalue weighted by Crippen LogP contribution is 2.35. The van der Waals surface area contributed by atoms with Gasteiger partial charge in [-0.25, -0.2) is 0 Å². The minimum Gasteiger partial charge on any atom is -0.379 e. The summed E-state index contributed by atoms with van der Waals surface area (Å²) in [7, 11) is 1.71. The van der Waals surface area contributed by atoms with E-state index in [9.17, 15) is 0 Å². The highest BCUT2D eigenvalue weighted by Gasteiger charge is 2.39. The number of methoxy groups -OCH3 is 1. The van der Waals surface area contributed by atoms with Gasteiger partial charge in [0.2, 0.25) is 0 Å². The van der Waals surface area contributed by atoms with Crippen molar-refractivity contribution < 1.29 is 14.2 Å². The lowest BCUT2D eigenvalue weighted by Crippen LogP contribution is -2.47. The Bertz CT molecular complexity index is 182. The second kappa shape index (κ2) is 5.83. The summed E-state index contributed by atoms with van der Waals surface area (Å²) < 4.78 is 16.7. The van der Waals surface area contributed by atoms with Crippen LogP contribution in [-0.4, -0.2) is 32.7 Å². The molecule has 1 rings (SSSR count). The van der Waals surface area contributed by atoms with Crippen LogP contribution >= 0.6 is 0 Å². The van der Waals surface area contributed by atoms with Gasteiger partial charge in [-0.2, -0.15) is 0 Å². The lowest BCUT2D eigenvalue weighted by molar-refractivity contribution is -0.246. The molecule has 3 nitrogen and oxygen atoms in total. The first kappa shape index (κ1) is 12.9. The Morgan fingerprint density at radius 3 is 2.27 bits per heavy atom. The highest BCUT2D eigenvalue weighted by molar-refractivity contribution is 4.82. The van der Waals surface area contributed by atoms with E-state index in [2.05, 4.69) is 20.8 Å². The van der Waals surface area contributed by atoms with Crippen LogP contribution in [0.5, 0.6) is 0 Å². The van der Waals surface area contributed by atoms with Crippen LogP contribution in [0, 0.1) is 17.8 Å². The molecule has 0 aliphatic carbocycles. The van der Waals surface area contributed by atoms with Gasteiger partial charge < -0.3 is 14.2 Å². The maximum Gasteiger partial charge on any atom is 0.160 e. The zero-order valence-corrected chi connectivity index (χ0v) is 10.5. The summed E-state index contributed by atoms with van der Waals surface area (Å²) in [5.41, 5.74) is 0. The van der Waals surface area contributed by atoms with E-state index in [0.29, 0.717) is 24.4 Å². The fourth-order valence-electron chi connectivity index (χ4n) is 2.18. The molecule has 1 aliphatic rings. The van der Waals surface area contributed by atoms with Crippen LogP contribution in [0.15, 0.2) is 0 Å². The molecule has 1 fully saturated rings. The molecule has 0 N–H and O–H groups in total. The first-order chi connectivity index (χ1) is 7.11. The fourth-order valence-corrected chi connectivity index (χ4v) is 2.18. The summed E-state index contributed by atoms with van der Waals surface area (Å²) >= 11 is 0. The molecule has 0 radical (unpaired) electrons. The van der Waals surface area contributed by atoms with Gasteiger partial charge in [0, 0.05) is 19.6 Å². The molecule has 0 bridgehead atoms. The van der Waals surface area contributed by atoms with Gasteiger partial charge in [0.15, 0.2) is 6.29 Å². The molecule has 0 aromatic carbocycles. The van der Waals surface area contributed by atoms with Crippen LogP contribution in [0.2, 0.25) is 0 Å². The van der Waals surface area contributed by atoms with Crippen molar-refractivity contribution in [3.63, 3.8) is 0 Å². The molecule has 5 atom stereocenters. The summed E-state index contributed by atoms with van der Waals surface area (Å²) in [4.78, 5) is 0. The van der Waals surface area contributed by atoms with Gasteiger partial charge >= 0.3 is 0 Å². The molecule has 0 aromatic heterocycles. The number of hydrogen-bond donors (Lipinski definition) is 0. The lowest BCUT2D eigenvalue weighted by atomic mass is 9.79. The third-order valence-electron chi connectivity index (χ3n) is 3.70. The molecule has 90 valence electrons. The Hall–Kier alpha value is -0.120. The van der Waals surface area contributed by atoms with Crippen molar-refractivity contribution in [2.24, 2.45) is 17.8 Å². The number of hydrogen-bond acceptors (Lipinski definition) is 3. The van der Waals surface area contributed by atoms with E-state index in [1.165, 1.54) is 0 Å². The molecule has 0 saturated carbocycles. The lowest BCUT2D eigenvalue weighted by Gasteiger charge is -2.42. The minimum absolute atomic E-state index is 0.0818. The maximum absolute atomic E-state index is 5.89. The Kier molecular flexibility index (Phi) is 5.03. The van der Waals surface area contributed by atoms with Crippen LogP contribution < -0.4 is 0 Å². The SMILES string of the molecule is CCOCC1OC(OC)C(C)C(C)C1C. The van der Waals surface area contributed by atoms with Crippen LogP contribution in [0.25, 0.3) is 0 Å². The maximum atomic E-state index is 5.89. The van der Waals surface area contributed by atoms with Crippen LogP contribution in [0.4, 0.5) is 0 Å². The highest BCUT2D eigenvalue weighted by atomic mass is 16.7. The minimum atomic E-state index is -0.0818. The molecule has 1 heterocycles. The molecule has 0 spiro atoms. The van der Waals surface area contributed by atoms with Gasteiger partial charge in [0.05, 0.1) is 12.7 Å². The van der Waals surface area contributed by atoms with Crippen molar-refractivity contribution in [1.29, 1.82) is 0 Å². The average molecular weight is 216 g/mol. The second-order valence-electron chi connectivity index (χ2n) is 4.52. The standard InChI is InChI=1S/C12H24O3/c1-6-14-7-11-9(3)8(2)10(4)12(13-5)15-11/h8-12H,6-7H2,1-5H3. The Morgan fingerprint density at radius 1 is 1.07 bits per heavy atom. The van der Waals surface area contributed by atoms with Crippen molar-refractivity contribution in [2.45, 2.75) is 40.1 Å². The number of rotatable bonds is 4. The number of ether oxygens (including phenoxy) is 3. The van der Waals surface area contributed by atoms with E-state index in [0.717, 1.165) is 6.61 Å². The normalized spacial score (nSPS) is 41.8. The van der Waals surface area contributed by atoms with Crippen LogP contribution in [0.3, 0.4) is 0 Å². The third-order valence-corrected chi connectivity index (χ3v) is 3.70. The van der Waals surface area contributed by atoms with Gasteiger partial charge in [-0.05, 0) is 18.8 Å². The van der Waals surface area contributed by atoms with Crippen molar-refractivity contribution in [3.05, 3.63) is 0 Å². The second-order valence-corrected chi connectivity index (χ2v) is 4.52. The summed E-state index contributed by atoms with van der Waals surface area (Å²) in [6, 6.07) is 0. The van der Waals surface area contributed by atoms with Crippen molar-refractivity contribution in [1.82, 2.24) is 0 Å². The molecule has 5 unspecified atom stereocenters. The predicted molar refractivity (Wildman–Crippen MR) is 59.7 cm³/mol. The van der Waals surface area contributed by atoms with Gasteiger partial charge in [0.25, 0.3) is 0 Å². The molecule has 3 heteroatoms. The Labute approximate surface area is 93.1 Å². The summed E-state index contributed by atoms with van der Waals surface area (Å²) in [6.45, 7) is 10.1. The molecular formula is C12H24O3. The van der Waals surface area contributed by atoms with Gasteiger partial charge in [0.1, 0.15) is 0 Å².